The molecule has 0 aliphatic carbocycles. The van der Waals surface area contributed by atoms with Crippen molar-refractivity contribution in [3.8, 4) is 5.75 Å². The fraction of sp³-hybridized carbons (Fsp3) is 0.385. The monoisotopic (exact) mass is 265 g/mol. The van der Waals surface area contributed by atoms with Crippen molar-refractivity contribution in [3.63, 3.8) is 0 Å². The summed E-state index contributed by atoms with van der Waals surface area (Å²) < 4.78 is 10.1. The Kier molecular flexibility index (Phi) is 3.33. The predicted octanol–water partition coefficient (Wildman–Crippen LogP) is 1.14. The Labute approximate surface area is 110 Å². The van der Waals surface area contributed by atoms with Crippen molar-refractivity contribution < 1.29 is 24.2 Å². The normalized spacial score (nSPS) is 21.3. The highest BCUT2D eigenvalue weighted by molar-refractivity contribution is 5.91. The third-order valence-corrected chi connectivity index (χ3v) is 3.31. The van der Waals surface area contributed by atoms with E-state index in [9.17, 15) is 9.59 Å². The van der Waals surface area contributed by atoms with E-state index >= 15 is 0 Å². The number of nitrogens with zero attached hydrogens (tertiary/aromatic N) is 1. The Hall–Kier alpha value is -2.24. The number of carbonyl (C=O) groups excluding carboxylic acids is 1. The van der Waals surface area contributed by atoms with Crippen LogP contribution in [0.25, 0.3) is 0 Å². The van der Waals surface area contributed by atoms with E-state index in [1.54, 1.807) is 26.1 Å². The van der Waals surface area contributed by atoms with Gasteiger partial charge >= 0.3 is 11.9 Å². The molecule has 0 spiro atoms. The standard InChI is InChI=1S/C13H15NO5/c1-7-11(12(15)16)19-10-6-8(13(17)18-3)4-5-9(10)14(7)2/h4-7,11H,1-3H3,(H,15,16). The number of carboxylic acid groups (broad SMARTS) is 1. The molecule has 0 saturated heterocycles. The van der Waals surface area contributed by atoms with Crippen molar-refractivity contribution in [2.45, 2.75) is 19.1 Å². The second-order valence-corrected chi connectivity index (χ2v) is 4.40. The summed E-state index contributed by atoms with van der Waals surface area (Å²) in [6.07, 6.45) is -0.967. The minimum absolute atomic E-state index is 0.297. The summed E-state index contributed by atoms with van der Waals surface area (Å²) in [4.78, 5) is 24.4. The molecule has 0 radical (unpaired) electrons. The minimum atomic E-state index is -1.03. The first kappa shape index (κ1) is 13.2. The summed E-state index contributed by atoms with van der Waals surface area (Å²) >= 11 is 0. The molecule has 0 amide bonds. The van der Waals surface area contributed by atoms with Gasteiger partial charge in [-0.15, -0.1) is 0 Å². The summed E-state index contributed by atoms with van der Waals surface area (Å²) in [5.74, 6) is -1.15. The maximum Gasteiger partial charge on any atom is 0.347 e. The van der Waals surface area contributed by atoms with Gasteiger partial charge in [-0.25, -0.2) is 9.59 Å². The minimum Gasteiger partial charge on any atom is -0.478 e. The first-order valence-electron chi connectivity index (χ1n) is 5.80. The molecule has 1 aromatic rings. The fourth-order valence-corrected chi connectivity index (χ4v) is 2.06. The number of carbonyl (C=O) groups is 2. The number of anilines is 1. The van der Waals surface area contributed by atoms with E-state index in [2.05, 4.69) is 4.74 Å². The second kappa shape index (κ2) is 4.79. The molecule has 1 N–H and O–H groups in total. The zero-order chi connectivity index (χ0) is 14.2. The lowest BCUT2D eigenvalue weighted by Crippen LogP contribution is -2.50. The molecular weight excluding hydrogens is 250 g/mol. The van der Waals surface area contributed by atoms with E-state index in [-0.39, 0.29) is 6.04 Å². The van der Waals surface area contributed by atoms with Crippen LogP contribution in [0.3, 0.4) is 0 Å². The van der Waals surface area contributed by atoms with Crippen molar-refractivity contribution in [2.75, 3.05) is 19.1 Å². The van der Waals surface area contributed by atoms with E-state index in [1.165, 1.54) is 13.2 Å². The number of fused-ring (bicyclic) bond motifs is 1. The summed E-state index contributed by atoms with van der Waals surface area (Å²) in [6.45, 7) is 1.77. The predicted molar refractivity (Wildman–Crippen MR) is 67.7 cm³/mol. The van der Waals surface area contributed by atoms with Gasteiger partial charge in [0.15, 0.2) is 0 Å². The number of ether oxygens (including phenoxy) is 2. The molecule has 1 aliphatic rings. The summed E-state index contributed by atoms with van der Waals surface area (Å²) in [5, 5.41) is 9.13. The second-order valence-electron chi connectivity index (χ2n) is 4.40. The van der Waals surface area contributed by atoms with Crippen LogP contribution >= 0.6 is 0 Å². The van der Waals surface area contributed by atoms with Gasteiger partial charge in [0, 0.05) is 7.05 Å². The van der Waals surface area contributed by atoms with E-state index < -0.39 is 18.0 Å². The average Bonchev–Trinajstić information content (AvgIpc) is 2.41. The van der Waals surface area contributed by atoms with Gasteiger partial charge in [0.2, 0.25) is 6.10 Å². The molecule has 0 saturated carbocycles. The largest absolute Gasteiger partial charge is 0.478 e. The zero-order valence-electron chi connectivity index (χ0n) is 10.9. The van der Waals surface area contributed by atoms with Crippen molar-refractivity contribution >= 4 is 17.6 Å². The van der Waals surface area contributed by atoms with Crippen molar-refractivity contribution in [1.29, 1.82) is 0 Å². The van der Waals surface area contributed by atoms with Gasteiger partial charge in [-0.2, -0.15) is 0 Å². The summed E-state index contributed by atoms with van der Waals surface area (Å²) in [7, 11) is 3.08. The molecule has 102 valence electrons. The third kappa shape index (κ3) is 2.21. The molecule has 2 unspecified atom stereocenters. The number of aliphatic carboxylic acids is 1. The highest BCUT2D eigenvalue weighted by atomic mass is 16.5. The average molecular weight is 265 g/mol. The van der Waals surface area contributed by atoms with Crippen LogP contribution in [-0.2, 0) is 9.53 Å². The molecule has 2 rings (SSSR count). The van der Waals surface area contributed by atoms with Crippen LogP contribution in [0.4, 0.5) is 5.69 Å². The Balaban J connectivity index is 2.42. The van der Waals surface area contributed by atoms with Crippen molar-refractivity contribution in [2.24, 2.45) is 0 Å². The zero-order valence-corrected chi connectivity index (χ0v) is 10.9. The van der Waals surface area contributed by atoms with Crippen LogP contribution in [0.2, 0.25) is 0 Å². The van der Waals surface area contributed by atoms with Crippen LogP contribution in [0.5, 0.6) is 5.75 Å². The molecule has 1 heterocycles. The summed E-state index contributed by atoms with van der Waals surface area (Å²) in [5.41, 5.74) is 1.07. The first-order valence-corrected chi connectivity index (χ1v) is 5.80. The van der Waals surface area contributed by atoms with Gasteiger partial charge in [0.05, 0.1) is 24.4 Å². The van der Waals surface area contributed by atoms with Crippen LogP contribution in [-0.4, -0.2) is 43.3 Å². The molecule has 0 fully saturated rings. The molecular formula is C13H15NO5. The lowest BCUT2D eigenvalue weighted by Gasteiger charge is -2.37. The number of esters is 1. The number of hydrogen-bond donors (Lipinski definition) is 1. The van der Waals surface area contributed by atoms with Crippen LogP contribution in [0, 0.1) is 0 Å². The smallest absolute Gasteiger partial charge is 0.347 e. The fourth-order valence-electron chi connectivity index (χ4n) is 2.06. The first-order chi connectivity index (χ1) is 8.95. The molecule has 0 bridgehead atoms. The number of likely N-dealkylation sites (N-methyl/N-ethyl adjacent to an activating group) is 1. The van der Waals surface area contributed by atoms with Gasteiger partial charge in [-0.1, -0.05) is 0 Å². The van der Waals surface area contributed by atoms with Crippen molar-refractivity contribution in [1.82, 2.24) is 0 Å². The Morgan fingerprint density at radius 3 is 2.68 bits per heavy atom. The lowest BCUT2D eigenvalue weighted by atomic mass is 10.1. The third-order valence-electron chi connectivity index (χ3n) is 3.31. The highest BCUT2D eigenvalue weighted by Crippen LogP contribution is 2.36. The molecule has 1 aromatic carbocycles. The van der Waals surface area contributed by atoms with Gasteiger partial charge < -0.3 is 19.5 Å². The molecule has 1 aliphatic heterocycles. The van der Waals surface area contributed by atoms with E-state index in [0.29, 0.717) is 11.3 Å². The summed E-state index contributed by atoms with van der Waals surface area (Å²) in [6, 6.07) is 4.54. The van der Waals surface area contributed by atoms with Gasteiger partial charge in [0.25, 0.3) is 0 Å². The maximum absolute atomic E-state index is 11.5. The SMILES string of the molecule is COC(=O)c1ccc2c(c1)OC(C(=O)O)C(C)N2C. The van der Waals surface area contributed by atoms with Gasteiger partial charge in [-0.05, 0) is 25.1 Å². The molecule has 19 heavy (non-hydrogen) atoms. The Bertz CT molecular complexity index is 528. The topological polar surface area (TPSA) is 76.1 Å². The number of hydrogen-bond acceptors (Lipinski definition) is 5. The molecule has 0 aromatic heterocycles. The van der Waals surface area contributed by atoms with Gasteiger partial charge in [-0.3, -0.25) is 0 Å². The number of carboxylic acids is 1. The maximum atomic E-state index is 11.5. The van der Waals surface area contributed by atoms with Crippen LogP contribution < -0.4 is 9.64 Å². The molecule has 6 nitrogen and oxygen atoms in total. The Morgan fingerprint density at radius 2 is 2.11 bits per heavy atom. The van der Waals surface area contributed by atoms with E-state index in [1.807, 2.05) is 4.90 Å². The Morgan fingerprint density at radius 1 is 1.42 bits per heavy atom. The number of rotatable bonds is 2. The van der Waals surface area contributed by atoms with Crippen LogP contribution in [0.15, 0.2) is 18.2 Å². The van der Waals surface area contributed by atoms with E-state index in [4.69, 9.17) is 9.84 Å². The quantitative estimate of drug-likeness (QED) is 0.808. The number of methoxy groups -OCH3 is 1. The number of benzene rings is 1. The van der Waals surface area contributed by atoms with Gasteiger partial charge in [0.1, 0.15) is 5.75 Å². The van der Waals surface area contributed by atoms with Crippen LogP contribution in [0.1, 0.15) is 17.3 Å². The molecule has 2 atom stereocenters. The van der Waals surface area contributed by atoms with Crippen molar-refractivity contribution in [3.05, 3.63) is 23.8 Å². The highest BCUT2D eigenvalue weighted by Gasteiger charge is 2.36. The van der Waals surface area contributed by atoms with E-state index in [0.717, 1.165) is 5.69 Å². The molecule has 6 heteroatoms. The lowest BCUT2D eigenvalue weighted by molar-refractivity contribution is -0.146.